The van der Waals surface area contributed by atoms with Crippen molar-refractivity contribution < 1.29 is 19.2 Å². The number of hydrogen-bond acceptors (Lipinski definition) is 5. The van der Waals surface area contributed by atoms with Crippen LogP contribution >= 0.6 is 0 Å². The third-order valence-corrected chi connectivity index (χ3v) is 4.64. The van der Waals surface area contributed by atoms with Gasteiger partial charge in [-0.2, -0.15) is 0 Å². The minimum atomic E-state index is -0.746. The predicted molar refractivity (Wildman–Crippen MR) is 113 cm³/mol. The fourth-order valence-electron chi connectivity index (χ4n) is 3.02. The van der Waals surface area contributed by atoms with Crippen LogP contribution in [0.15, 0.2) is 48.5 Å². The number of amides is 2. The molecule has 0 aromatic heterocycles. The van der Waals surface area contributed by atoms with Crippen molar-refractivity contribution in [3.05, 3.63) is 69.8 Å². The highest BCUT2D eigenvalue weighted by atomic mass is 16.6. The summed E-state index contributed by atoms with van der Waals surface area (Å²) in [5, 5.41) is 14.1. The van der Waals surface area contributed by atoms with Gasteiger partial charge in [-0.05, 0) is 38.5 Å². The van der Waals surface area contributed by atoms with Crippen LogP contribution in [0, 0.1) is 10.1 Å². The molecular formula is C22H27N3O5. The van der Waals surface area contributed by atoms with Gasteiger partial charge in [0.05, 0.1) is 18.5 Å². The largest absolute Gasteiger partial charge is 0.497 e. The van der Waals surface area contributed by atoms with Gasteiger partial charge in [-0.1, -0.05) is 30.3 Å². The number of nitro benzene ring substituents is 1. The molecule has 0 saturated carbocycles. The first-order valence-electron chi connectivity index (χ1n) is 9.68. The molecule has 0 saturated heterocycles. The smallest absolute Gasteiger partial charge is 0.273 e. The fraction of sp³-hybridized carbons (Fsp3) is 0.364. The molecule has 0 unspecified atom stereocenters. The third kappa shape index (κ3) is 6.04. The normalized spacial score (nSPS) is 11.6. The van der Waals surface area contributed by atoms with E-state index < -0.39 is 11.0 Å². The van der Waals surface area contributed by atoms with Crippen molar-refractivity contribution in [2.75, 3.05) is 7.11 Å². The van der Waals surface area contributed by atoms with Gasteiger partial charge in [0, 0.05) is 24.2 Å². The van der Waals surface area contributed by atoms with Crippen molar-refractivity contribution in [1.82, 2.24) is 10.2 Å². The average Bonchev–Trinajstić information content (AvgIpc) is 2.71. The Hall–Kier alpha value is -3.42. The molecule has 8 heteroatoms. The Kier molecular flexibility index (Phi) is 7.91. The number of benzene rings is 2. The number of rotatable bonds is 9. The predicted octanol–water partition coefficient (Wildman–Crippen LogP) is 3.09. The summed E-state index contributed by atoms with van der Waals surface area (Å²) in [6.07, 6.45) is -0.174. The summed E-state index contributed by atoms with van der Waals surface area (Å²) < 4.78 is 5.16. The van der Waals surface area contributed by atoms with Crippen LogP contribution in [0.25, 0.3) is 0 Å². The van der Waals surface area contributed by atoms with E-state index in [1.54, 1.807) is 44.4 Å². The number of methoxy groups -OCH3 is 1. The highest BCUT2D eigenvalue weighted by Gasteiger charge is 2.28. The van der Waals surface area contributed by atoms with Gasteiger partial charge in [0.1, 0.15) is 11.8 Å². The van der Waals surface area contributed by atoms with Crippen LogP contribution in [0.1, 0.15) is 31.9 Å². The molecule has 0 aliphatic rings. The zero-order chi connectivity index (χ0) is 22.3. The zero-order valence-corrected chi connectivity index (χ0v) is 17.6. The molecule has 2 aromatic carbocycles. The van der Waals surface area contributed by atoms with Gasteiger partial charge in [0.15, 0.2) is 0 Å². The molecule has 0 aliphatic carbocycles. The van der Waals surface area contributed by atoms with Gasteiger partial charge >= 0.3 is 0 Å². The van der Waals surface area contributed by atoms with Crippen LogP contribution in [0.2, 0.25) is 0 Å². The summed E-state index contributed by atoms with van der Waals surface area (Å²) in [4.78, 5) is 38.0. The van der Waals surface area contributed by atoms with Gasteiger partial charge in [-0.15, -0.1) is 0 Å². The molecular weight excluding hydrogens is 386 g/mol. The Balaban J connectivity index is 2.30. The van der Waals surface area contributed by atoms with E-state index in [9.17, 15) is 19.7 Å². The second kappa shape index (κ2) is 10.4. The average molecular weight is 413 g/mol. The second-order valence-corrected chi connectivity index (χ2v) is 7.27. The zero-order valence-electron chi connectivity index (χ0n) is 17.6. The summed E-state index contributed by atoms with van der Waals surface area (Å²) in [7, 11) is 1.57. The Morgan fingerprint density at radius 1 is 1.10 bits per heavy atom. The molecule has 2 rings (SSSR count). The molecule has 1 atom stereocenters. The molecule has 1 N–H and O–H groups in total. The lowest BCUT2D eigenvalue weighted by atomic mass is 10.1. The van der Waals surface area contributed by atoms with Gasteiger partial charge < -0.3 is 15.0 Å². The van der Waals surface area contributed by atoms with Gasteiger partial charge in [0.25, 0.3) is 5.69 Å². The molecule has 160 valence electrons. The molecule has 2 amide bonds. The van der Waals surface area contributed by atoms with Gasteiger partial charge in [-0.3, -0.25) is 19.7 Å². The summed E-state index contributed by atoms with van der Waals surface area (Å²) in [5.74, 6) is 0.0306. The van der Waals surface area contributed by atoms with Crippen molar-refractivity contribution in [1.29, 1.82) is 0 Å². The van der Waals surface area contributed by atoms with E-state index in [1.165, 1.54) is 11.0 Å². The second-order valence-electron chi connectivity index (χ2n) is 7.27. The van der Waals surface area contributed by atoms with E-state index in [-0.39, 0.29) is 36.5 Å². The van der Waals surface area contributed by atoms with E-state index in [4.69, 9.17) is 4.74 Å². The minimum Gasteiger partial charge on any atom is -0.497 e. The van der Waals surface area contributed by atoms with Gasteiger partial charge in [0.2, 0.25) is 11.8 Å². The number of ether oxygens (including phenoxy) is 1. The van der Waals surface area contributed by atoms with Crippen molar-refractivity contribution in [2.45, 2.75) is 45.8 Å². The molecule has 0 fully saturated rings. The Morgan fingerprint density at radius 2 is 1.73 bits per heavy atom. The topological polar surface area (TPSA) is 102 Å². The van der Waals surface area contributed by atoms with Crippen LogP contribution < -0.4 is 10.1 Å². The van der Waals surface area contributed by atoms with E-state index in [0.29, 0.717) is 11.3 Å². The number of nitro groups is 1. The number of para-hydroxylation sites is 1. The van der Waals surface area contributed by atoms with E-state index in [0.717, 1.165) is 5.56 Å². The van der Waals surface area contributed by atoms with Gasteiger partial charge in [-0.25, -0.2) is 0 Å². The quantitative estimate of drug-likeness (QED) is 0.503. The summed E-state index contributed by atoms with van der Waals surface area (Å²) in [5.41, 5.74) is 1.01. The summed E-state index contributed by atoms with van der Waals surface area (Å²) in [6.45, 7) is 5.52. The summed E-state index contributed by atoms with van der Waals surface area (Å²) >= 11 is 0. The number of carbonyl (C=O) groups is 2. The lowest BCUT2D eigenvalue weighted by Gasteiger charge is -2.29. The lowest BCUT2D eigenvalue weighted by molar-refractivity contribution is -0.385. The molecule has 0 bridgehead atoms. The molecule has 30 heavy (non-hydrogen) atoms. The van der Waals surface area contributed by atoms with Crippen LogP contribution in [0.5, 0.6) is 5.75 Å². The number of hydrogen-bond donors (Lipinski definition) is 1. The van der Waals surface area contributed by atoms with E-state index in [2.05, 4.69) is 5.32 Å². The Labute approximate surface area is 176 Å². The maximum absolute atomic E-state index is 13.1. The van der Waals surface area contributed by atoms with Crippen LogP contribution in [-0.2, 0) is 22.6 Å². The van der Waals surface area contributed by atoms with Crippen LogP contribution in [0.3, 0.4) is 0 Å². The Morgan fingerprint density at radius 3 is 2.30 bits per heavy atom. The third-order valence-electron chi connectivity index (χ3n) is 4.64. The first kappa shape index (κ1) is 22.9. The molecule has 0 aliphatic heterocycles. The van der Waals surface area contributed by atoms with Crippen LogP contribution in [0.4, 0.5) is 5.69 Å². The highest BCUT2D eigenvalue weighted by molar-refractivity contribution is 5.88. The Bertz CT molecular complexity index is 896. The highest BCUT2D eigenvalue weighted by Crippen LogP contribution is 2.21. The number of nitrogens with one attached hydrogen (secondary N) is 1. The monoisotopic (exact) mass is 413 g/mol. The molecule has 0 spiro atoms. The van der Waals surface area contributed by atoms with Crippen molar-refractivity contribution in [2.24, 2.45) is 0 Å². The molecule has 0 radical (unpaired) electrons. The van der Waals surface area contributed by atoms with Crippen molar-refractivity contribution in [3.8, 4) is 5.75 Å². The first-order chi connectivity index (χ1) is 14.2. The molecule has 0 heterocycles. The molecule has 2 aromatic rings. The number of carbonyl (C=O) groups excluding carboxylic acids is 2. The van der Waals surface area contributed by atoms with E-state index in [1.807, 2.05) is 26.0 Å². The standard InChI is InChI=1S/C22H27N3O5/c1-15(2)23-22(27)16(3)24(14-17-9-11-19(30-4)12-10-17)21(26)13-18-7-5-6-8-20(18)25(28)29/h5-12,15-16H,13-14H2,1-4H3,(H,23,27)/t16-/m0/s1. The SMILES string of the molecule is COc1ccc(CN(C(=O)Cc2ccccc2[N+](=O)[O-])[C@@H](C)C(=O)NC(C)C)cc1. The van der Waals surface area contributed by atoms with Crippen molar-refractivity contribution >= 4 is 17.5 Å². The molecule has 8 nitrogen and oxygen atoms in total. The fourth-order valence-corrected chi connectivity index (χ4v) is 3.02. The van der Waals surface area contributed by atoms with Crippen molar-refractivity contribution in [3.63, 3.8) is 0 Å². The summed E-state index contributed by atoms with van der Waals surface area (Å²) in [6, 6.07) is 12.5. The lowest BCUT2D eigenvalue weighted by Crippen LogP contribution is -2.49. The first-order valence-corrected chi connectivity index (χ1v) is 9.68. The number of nitrogens with zero attached hydrogens (tertiary/aromatic N) is 2. The minimum absolute atomic E-state index is 0.0758. The maximum atomic E-state index is 13.1. The maximum Gasteiger partial charge on any atom is 0.273 e. The van der Waals surface area contributed by atoms with Crippen LogP contribution in [-0.4, -0.2) is 40.8 Å². The van der Waals surface area contributed by atoms with E-state index >= 15 is 0 Å².